The molecule has 2 aromatic carbocycles. The van der Waals surface area contributed by atoms with Gasteiger partial charge in [0.1, 0.15) is 11.5 Å². The number of nitrogens with zero attached hydrogens (tertiary/aromatic N) is 2. The van der Waals surface area contributed by atoms with Crippen molar-refractivity contribution in [3.8, 4) is 28.3 Å². The molecule has 1 spiro atoms. The Kier molecular flexibility index (Phi) is 4.17. The van der Waals surface area contributed by atoms with Gasteiger partial charge in [0.15, 0.2) is 0 Å². The summed E-state index contributed by atoms with van der Waals surface area (Å²) in [6, 6.07) is 19.7. The number of nitrogens with one attached hydrogen (secondary N) is 1. The maximum absolute atomic E-state index is 13.9. The van der Waals surface area contributed by atoms with Crippen LogP contribution in [0.1, 0.15) is 16.7 Å². The van der Waals surface area contributed by atoms with Crippen molar-refractivity contribution in [3.63, 3.8) is 0 Å². The highest BCUT2D eigenvalue weighted by Gasteiger charge is 2.46. The van der Waals surface area contributed by atoms with Gasteiger partial charge in [-0.15, -0.1) is 0 Å². The van der Waals surface area contributed by atoms with Crippen LogP contribution in [0.3, 0.4) is 0 Å². The molecule has 1 unspecified atom stereocenters. The first-order chi connectivity index (χ1) is 16.0. The minimum atomic E-state index is -0.740. The lowest BCUT2D eigenvalue weighted by Gasteiger charge is -2.35. The first kappa shape index (κ1) is 19.4. The number of aromatic nitrogens is 2. The average Bonchev–Trinajstić information content (AvgIpc) is 3.22. The van der Waals surface area contributed by atoms with Crippen LogP contribution < -0.4 is 21.3 Å². The van der Waals surface area contributed by atoms with Crippen molar-refractivity contribution in [3.05, 3.63) is 118 Å². The zero-order chi connectivity index (χ0) is 22.6. The summed E-state index contributed by atoms with van der Waals surface area (Å²) in [7, 11) is 0. The number of fused-ring (bicyclic) bond motifs is 4. The Morgan fingerprint density at radius 3 is 2.64 bits per heavy atom. The van der Waals surface area contributed by atoms with E-state index < -0.39 is 5.41 Å². The van der Waals surface area contributed by atoms with Gasteiger partial charge in [-0.25, -0.2) is 0 Å². The zero-order valence-corrected chi connectivity index (χ0v) is 18.1. The van der Waals surface area contributed by atoms with E-state index in [1.165, 1.54) is 0 Å². The van der Waals surface area contributed by atoms with Crippen molar-refractivity contribution in [2.45, 2.75) is 12.3 Å². The fourth-order valence-electron chi connectivity index (χ4n) is 4.80. The fraction of sp³-hybridized carbons (Fsp3) is 0.111. The van der Waals surface area contributed by atoms with Crippen LogP contribution in [-0.4, -0.2) is 16.1 Å². The van der Waals surface area contributed by atoms with Gasteiger partial charge in [0.05, 0.1) is 16.8 Å². The Balaban J connectivity index is 1.59. The summed E-state index contributed by atoms with van der Waals surface area (Å²) in [4.78, 5) is 18.2. The van der Waals surface area contributed by atoms with Gasteiger partial charge >= 0.3 is 0 Å². The number of ether oxygens (including phenoxy) is 1. The van der Waals surface area contributed by atoms with E-state index in [-0.39, 0.29) is 5.56 Å². The van der Waals surface area contributed by atoms with E-state index in [9.17, 15) is 4.79 Å². The molecular weight excluding hydrogens is 412 g/mol. The highest BCUT2D eigenvalue weighted by molar-refractivity contribution is 5.70. The fourth-order valence-corrected chi connectivity index (χ4v) is 4.80. The van der Waals surface area contributed by atoms with Crippen LogP contribution >= 0.6 is 0 Å². The average molecular weight is 434 g/mol. The number of nitrogens with two attached hydrogens (primary N) is 1. The second-order valence-corrected chi connectivity index (χ2v) is 8.54. The van der Waals surface area contributed by atoms with E-state index >= 15 is 0 Å². The number of aryl methyl sites for hydroxylation is 1. The highest BCUT2D eigenvalue weighted by atomic mass is 16.5. The van der Waals surface area contributed by atoms with Gasteiger partial charge in [-0.2, -0.15) is 0 Å². The highest BCUT2D eigenvalue weighted by Crippen LogP contribution is 2.50. The van der Waals surface area contributed by atoms with Crippen molar-refractivity contribution in [1.82, 2.24) is 14.9 Å². The Labute approximate surface area is 191 Å². The van der Waals surface area contributed by atoms with Gasteiger partial charge in [0.2, 0.25) is 0 Å². The molecule has 0 aliphatic carbocycles. The van der Waals surface area contributed by atoms with Crippen LogP contribution in [-0.2, 0) is 5.41 Å². The smallest absolute Gasteiger partial charge is 0.263 e. The van der Waals surface area contributed by atoms with E-state index in [1.54, 1.807) is 17.0 Å². The molecule has 2 aliphatic heterocycles. The van der Waals surface area contributed by atoms with Crippen molar-refractivity contribution >= 4 is 0 Å². The number of rotatable bonds is 2. The molecule has 2 aromatic heterocycles. The molecular formula is C27H22N4O2. The van der Waals surface area contributed by atoms with Gasteiger partial charge in [-0.1, -0.05) is 29.8 Å². The van der Waals surface area contributed by atoms with Gasteiger partial charge in [-0.05, 0) is 55.0 Å². The third kappa shape index (κ3) is 2.95. The molecule has 6 nitrogen and oxygen atoms in total. The molecule has 33 heavy (non-hydrogen) atoms. The molecule has 0 radical (unpaired) electrons. The summed E-state index contributed by atoms with van der Waals surface area (Å²) in [6.07, 6.45) is 7.29. The van der Waals surface area contributed by atoms with Crippen molar-refractivity contribution < 1.29 is 4.74 Å². The lowest BCUT2D eigenvalue weighted by atomic mass is 9.73. The quantitative estimate of drug-likeness (QED) is 0.498. The van der Waals surface area contributed by atoms with Gasteiger partial charge in [0, 0.05) is 41.9 Å². The molecule has 4 aromatic rings. The lowest BCUT2D eigenvalue weighted by molar-refractivity contribution is 0.419. The second-order valence-electron chi connectivity index (χ2n) is 8.54. The molecule has 0 amide bonds. The van der Waals surface area contributed by atoms with Gasteiger partial charge in [0.25, 0.3) is 5.56 Å². The Hall–Kier alpha value is -4.32. The predicted molar refractivity (Wildman–Crippen MR) is 128 cm³/mol. The van der Waals surface area contributed by atoms with Crippen LogP contribution in [0.2, 0.25) is 0 Å². The summed E-state index contributed by atoms with van der Waals surface area (Å²) in [5.41, 5.74) is 10.8. The van der Waals surface area contributed by atoms with E-state index in [0.29, 0.717) is 23.7 Å². The summed E-state index contributed by atoms with van der Waals surface area (Å²) < 4.78 is 7.92. The van der Waals surface area contributed by atoms with Crippen molar-refractivity contribution in [1.29, 1.82) is 0 Å². The first-order valence-corrected chi connectivity index (χ1v) is 10.8. The summed E-state index contributed by atoms with van der Waals surface area (Å²) in [5.74, 6) is 1.82. The summed E-state index contributed by atoms with van der Waals surface area (Å²) in [6.45, 7) is 2.50. The monoisotopic (exact) mass is 434 g/mol. The maximum atomic E-state index is 13.9. The lowest BCUT2D eigenvalue weighted by Crippen LogP contribution is -2.41. The van der Waals surface area contributed by atoms with Crippen LogP contribution in [0.15, 0.2) is 95.9 Å². The van der Waals surface area contributed by atoms with E-state index in [4.69, 9.17) is 10.5 Å². The van der Waals surface area contributed by atoms with Gasteiger partial charge < -0.3 is 15.8 Å². The third-order valence-electron chi connectivity index (χ3n) is 6.46. The SMILES string of the molecule is Cc1ccc(-n2ccc3c(c2=O)C2(C=C(N)NC2)c2cc(-c4cccnc4)ccc2O3)cc1. The number of benzene rings is 2. The first-order valence-electron chi connectivity index (χ1n) is 10.8. The largest absolute Gasteiger partial charge is 0.456 e. The standard InChI is InChI=1S/C27H22N4O2/c1-17-4-7-20(8-5-17)31-12-10-23-25(26(31)32)27(14-24(28)30-16-27)21-13-18(6-9-22(21)33-23)19-3-2-11-29-15-19/h2-15,30H,16,28H2,1H3. The second kappa shape index (κ2) is 7.10. The molecule has 4 heterocycles. The van der Waals surface area contributed by atoms with Crippen molar-refractivity contribution in [2.24, 2.45) is 5.73 Å². The zero-order valence-electron chi connectivity index (χ0n) is 18.1. The van der Waals surface area contributed by atoms with E-state index in [0.717, 1.165) is 33.7 Å². The van der Waals surface area contributed by atoms with E-state index in [2.05, 4.69) is 16.4 Å². The molecule has 6 heteroatoms. The maximum Gasteiger partial charge on any atom is 0.263 e. The molecule has 2 aliphatic rings. The minimum Gasteiger partial charge on any atom is -0.456 e. The third-order valence-corrected chi connectivity index (χ3v) is 6.46. The number of pyridine rings is 2. The predicted octanol–water partition coefficient (Wildman–Crippen LogP) is 4.00. The van der Waals surface area contributed by atoms with Crippen LogP contribution in [0.4, 0.5) is 0 Å². The molecule has 6 rings (SSSR count). The van der Waals surface area contributed by atoms with Gasteiger partial charge in [-0.3, -0.25) is 14.3 Å². The van der Waals surface area contributed by atoms with Crippen LogP contribution in [0, 0.1) is 6.92 Å². The Morgan fingerprint density at radius 2 is 1.91 bits per heavy atom. The van der Waals surface area contributed by atoms with Crippen LogP contribution in [0.5, 0.6) is 11.5 Å². The van der Waals surface area contributed by atoms with Crippen molar-refractivity contribution in [2.75, 3.05) is 6.54 Å². The molecule has 3 N–H and O–H groups in total. The van der Waals surface area contributed by atoms with E-state index in [1.807, 2.05) is 73.8 Å². The number of hydrogen-bond acceptors (Lipinski definition) is 5. The molecule has 0 bridgehead atoms. The summed E-state index contributed by atoms with van der Waals surface area (Å²) in [5, 5.41) is 3.24. The number of hydrogen-bond donors (Lipinski definition) is 2. The topological polar surface area (TPSA) is 82.2 Å². The van der Waals surface area contributed by atoms with Crippen LogP contribution in [0.25, 0.3) is 16.8 Å². The minimum absolute atomic E-state index is 0.124. The molecule has 1 atom stereocenters. The Bertz CT molecular complexity index is 1470. The molecule has 0 saturated carbocycles. The summed E-state index contributed by atoms with van der Waals surface area (Å²) >= 11 is 0. The molecule has 162 valence electrons. The molecule has 0 fully saturated rings. The normalized spacial score (nSPS) is 18.2. The Morgan fingerprint density at radius 1 is 1.06 bits per heavy atom. The molecule has 0 saturated heterocycles.